The predicted molar refractivity (Wildman–Crippen MR) is 106 cm³/mol. The number of aromatic nitrogens is 4. The molecule has 0 saturated carbocycles. The Morgan fingerprint density at radius 1 is 1.08 bits per heavy atom. The largest absolute Gasteiger partial charge is 0.332 e. The first-order valence-corrected chi connectivity index (χ1v) is 9.62. The van der Waals surface area contributed by atoms with Gasteiger partial charge in [0.25, 0.3) is 5.56 Å². The first-order chi connectivity index (χ1) is 12.3. The normalized spacial score (nSPS) is 11.6. The van der Waals surface area contributed by atoms with Crippen LogP contribution in [-0.4, -0.2) is 24.4 Å². The van der Waals surface area contributed by atoms with Crippen LogP contribution in [0.2, 0.25) is 0 Å². The molecule has 3 rings (SSSR count). The zero-order valence-corrected chi connectivity index (χ0v) is 16.6. The van der Waals surface area contributed by atoms with E-state index in [4.69, 9.17) is 0 Å². The zero-order chi connectivity index (χ0) is 19.0. The summed E-state index contributed by atoms with van der Waals surface area (Å²) in [5, 5.41) is 0.758. The molecule has 7 heteroatoms. The van der Waals surface area contributed by atoms with Crippen molar-refractivity contribution in [3.05, 3.63) is 56.2 Å². The van der Waals surface area contributed by atoms with Gasteiger partial charge in [0.1, 0.15) is 0 Å². The lowest BCUT2D eigenvalue weighted by molar-refractivity contribution is 0.654. The third-order valence-corrected chi connectivity index (χ3v) is 5.78. The molecule has 6 nitrogen and oxygen atoms in total. The number of benzene rings is 1. The van der Waals surface area contributed by atoms with E-state index in [0.717, 1.165) is 22.0 Å². The highest BCUT2D eigenvalue weighted by Crippen LogP contribution is 2.22. The van der Waals surface area contributed by atoms with Crippen LogP contribution < -0.4 is 11.2 Å². The maximum atomic E-state index is 13.0. The first kappa shape index (κ1) is 18.5. The number of nitrogens with zero attached hydrogens (tertiary/aromatic N) is 4. The van der Waals surface area contributed by atoms with Crippen LogP contribution in [0.15, 0.2) is 39.0 Å². The molecule has 0 atom stereocenters. The van der Waals surface area contributed by atoms with Crippen molar-refractivity contribution < 1.29 is 0 Å². The third-order valence-electron chi connectivity index (χ3n) is 4.33. The van der Waals surface area contributed by atoms with Crippen molar-refractivity contribution in [2.45, 2.75) is 32.5 Å². The van der Waals surface area contributed by atoms with Gasteiger partial charge in [0.15, 0.2) is 16.3 Å². The highest BCUT2D eigenvalue weighted by molar-refractivity contribution is 7.99. The van der Waals surface area contributed by atoms with Crippen LogP contribution in [0.5, 0.6) is 0 Å². The van der Waals surface area contributed by atoms with Crippen LogP contribution in [0.4, 0.5) is 0 Å². The quantitative estimate of drug-likeness (QED) is 0.646. The fourth-order valence-electron chi connectivity index (χ4n) is 2.81. The van der Waals surface area contributed by atoms with Crippen molar-refractivity contribution in [1.82, 2.24) is 18.7 Å². The number of hydrogen-bond donors (Lipinski definition) is 0. The van der Waals surface area contributed by atoms with Crippen LogP contribution in [-0.2, 0) is 20.6 Å². The first-order valence-electron chi connectivity index (χ1n) is 8.64. The molecule has 1 aromatic carbocycles. The molecule has 3 aromatic rings. The summed E-state index contributed by atoms with van der Waals surface area (Å²) in [5.74, 6) is 1.42. The van der Waals surface area contributed by atoms with Crippen LogP contribution in [0.1, 0.15) is 25.0 Å². The lowest BCUT2D eigenvalue weighted by atomic mass is 10.1. The van der Waals surface area contributed by atoms with E-state index >= 15 is 0 Å². The second-order valence-electron chi connectivity index (χ2n) is 7.05. The van der Waals surface area contributed by atoms with Crippen molar-refractivity contribution in [3.63, 3.8) is 0 Å². The topological polar surface area (TPSA) is 61.8 Å². The van der Waals surface area contributed by atoms with E-state index in [9.17, 15) is 9.59 Å². The van der Waals surface area contributed by atoms with E-state index in [-0.39, 0.29) is 17.8 Å². The summed E-state index contributed by atoms with van der Waals surface area (Å²) in [4.78, 5) is 30.3. The zero-order valence-electron chi connectivity index (χ0n) is 15.8. The molecular weight excluding hydrogens is 348 g/mol. The molecule has 0 N–H and O–H groups in total. The molecule has 138 valence electrons. The van der Waals surface area contributed by atoms with E-state index < -0.39 is 0 Å². The van der Waals surface area contributed by atoms with E-state index in [1.807, 2.05) is 38.2 Å². The molecular formula is C19H24N4O2S. The van der Waals surface area contributed by atoms with E-state index in [1.165, 1.54) is 9.13 Å². The van der Waals surface area contributed by atoms with Gasteiger partial charge in [-0.15, -0.1) is 0 Å². The molecule has 2 heterocycles. The third kappa shape index (κ3) is 3.35. The summed E-state index contributed by atoms with van der Waals surface area (Å²) < 4.78 is 4.55. The van der Waals surface area contributed by atoms with Crippen LogP contribution >= 0.6 is 11.8 Å². The number of hydrogen-bond acceptors (Lipinski definition) is 4. The minimum absolute atomic E-state index is 0.251. The molecule has 0 unspecified atom stereocenters. The summed E-state index contributed by atoms with van der Waals surface area (Å²) in [6, 6.07) is 7.85. The van der Waals surface area contributed by atoms with E-state index in [2.05, 4.69) is 18.8 Å². The average molecular weight is 372 g/mol. The van der Waals surface area contributed by atoms with Crippen molar-refractivity contribution in [1.29, 1.82) is 0 Å². The SMILES string of the molecule is Cc1ccc(Cn2c(=O)c3c(nc(SCC(C)C)n3C)n(C)c2=O)cc1. The molecule has 0 aliphatic carbocycles. The Bertz CT molecular complexity index is 1060. The van der Waals surface area contributed by atoms with Gasteiger partial charge in [-0.05, 0) is 18.4 Å². The highest BCUT2D eigenvalue weighted by atomic mass is 32.2. The molecule has 0 bridgehead atoms. The number of fused-ring (bicyclic) bond motifs is 1. The molecule has 26 heavy (non-hydrogen) atoms. The molecule has 0 fully saturated rings. The summed E-state index contributed by atoms with van der Waals surface area (Å²) in [7, 11) is 3.50. The Balaban J connectivity index is 2.13. The van der Waals surface area contributed by atoms with Crippen molar-refractivity contribution in [2.75, 3.05) is 5.75 Å². The number of thioether (sulfide) groups is 1. The number of aryl methyl sites for hydroxylation is 3. The maximum Gasteiger partial charge on any atom is 0.332 e. The fourth-order valence-corrected chi connectivity index (χ4v) is 3.73. The summed E-state index contributed by atoms with van der Waals surface area (Å²) in [5.41, 5.74) is 2.32. The molecule has 0 saturated heterocycles. The average Bonchev–Trinajstić information content (AvgIpc) is 2.93. The predicted octanol–water partition coefficient (Wildman–Crippen LogP) is 2.54. The van der Waals surface area contributed by atoms with Crippen LogP contribution in [0.3, 0.4) is 0 Å². The monoisotopic (exact) mass is 372 g/mol. The Kier molecular flexibility index (Phi) is 5.09. The number of imidazole rings is 1. The molecule has 0 spiro atoms. The minimum atomic E-state index is -0.346. The highest BCUT2D eigenvalue weighted by Gasteiger charge is 2.19. The van der Waals surface area contributed by atoms with Gasteiger partial charge in [0.05, 0.1) is 6.54 Å². The van der Waals surface area contributed by atoms with Crippen molar-refractivity contribution in [2.24, 2.45) is 20.0 Å². The van der Waals surface area contributed by atoms with Gasteiger partial charge in [-0.25, -0.2) is 9.78 Å². The Labute approximate surface area is 156 Å². The minimum Gasteiger partial charge on any atom is -0.316 e. The van der Waals surface area contributed by atoms with Gasteiger partial charge >= 0.3 is 5.69 Å². The molecule has 0 aliphatic heterocycles. The summed E-state index contributed by atoms with van der Waals surface area (Å²) >= 11 is 1.60. The maximum absolute atomic E-state index is 13.0. The second-order valence-corrected chi connectivity index (χ2v) is 8.04. The Hall–Kier alpha value is -2.28. The summed E-state index contributed by atoms with van der Waals surface area (Å²) in [6.45, 7) is 6.54. The van der Waals surface area contributed by atoms with Gasteiger partial charge in [0, 0.05) is 19.8 Å². The van der Waals surface area contributed by atoms with Gasteiger partial charge < -0.3 is 4.57 Å². The molecule has 0 amide bonds. The Morgan fingerprint density at radius 2 is 1.73 bits per heavy atom. The second kappa shape index (κ2) is 7.15. The molecule has 0 aliphatic rings. The smallest absolute Gasteiger partial charge is 0.316 e. The molecule has 2 aromatic heterocycles. The van der Waals surface area contributed by atoms with E-state index in [0.29, 0.717) is 17.1 Å². The van der Waals surface area contributed by atoms with Crippen molar-refractivity contribution >= 4 is 22.9 Å². The molecule has 0 radical (unpaired) electrons. The lowest BCUT2D eigenvalue weighted by Gasteiger charge is -2.09. The van der Waals surface area contributed by atoms with E-state index in [1.54, 1.807) is 23.4 Å². The number of rotatable bonds is 5. The van der Waals surface area contributed by atoms with Crippen LogP contribution in [0.25, 0.3) is 11.2 Å². The Morgan fingerprint density at radius 3 is 2.35 bits per heavy atom. The fraction of sp³-hybridized carbons (Fsp3) is 0.421. The van der Waals surface area contributed by atoms with Gasteiger partial charge in [-0.2, -0.15) is 0 Å². The van der Waals surface area contributed by atoms with Gasteiger partial charge in [-0.3, -0.25) is 13.9 Å². The van der Waals surface area contributed by atoms with Crippen LogP contribution in [0, 0.1) is 12.8 Å². The lowest BCUT2D eigenvalue weighted by Crippen LogP contribution is -2.39. The van der Waals surface area contributed by atoms with Crippen molar-refractivity contribution in [3.8, 4) is 0 Å². The van der Waals surface area contributed by atoms with Gasteiger partial charge in [0.2, 0.25) is 0 Å². The standard InChI is InChI=1S/C19H24N4O2S/c1-12(2)11-26-18-20-16-15(21(18)4)17(24)23(19(25)22(16)5)10-14-8-6-13(3)7-9-14/h6-9,12H,10-11H2,1-5H3. The summed E-state index contributed by atoms with van der Waals surface area (Å²) in [6.07, 6.45) is 0. The van der Waals surface area contributed by atoms with Gasteiger partial charge in [-0.1, -0.05) is 55.4 Å².